The van der Waals surface area contributed by atoms with Crippen LogP contribution in [0.5, 0.6) is 0 Å². The van der Waals surface area contributed by atoms with Crippen molar-refractivity contribution in [3.05, 3.63) is 42.4 Å². The molecule has 2 amide bonds. The monoisotopic (exact) mass is 367 g/mol. The number of aromatic nitrogens is 2. The van der Waals surface area contributed by atoms with Crippen LogP contribution in [-0.4, -0.2) is 58.1 Å². The van der Waals surface area contributed by atoms with Crippen molar-refractivity contribution in [2.24, 2.45) is 0 Å². The number of amides is 2. The number of urea groups is 1. The van der Waals surface area contributed by atoms with Crippen LogP contribution >= 0.6 is 0 Å². The highest BCUT2D eigenvalue weighted by atomic mass is 16.2. The topological polar surface area (TPSA) is 53.4 Å². The summed E-state index contributed by atoms with van der Waals surface area (Å²) in [4.78, 5) is 21.6. The molecule has 4 rings (SSSR count). The van der Waals surface area contributed by atoms with Crippen molar-refractivity contribution in [1.82, 2.24) is 24.7 Å². The fourth-order valence-corrected chi connectivity index (χ4v) is 4.47. The number of fused-ring (bicyclic) bond motifs is 2. The third-order valence-corrected chi connectivity index (χ3v) is 6.02. The van der Waals surface area contributed by atoms with E-state index in [9.17, 15) is 4.79 Å². The van der Waals surface area contributed by atoms with Gasteiger partial charge >= 0.3 is 6.03 Å². The van der Waals surface area contributed by atoms with Crippen molar-refractivity contribution in [3.63, 3.8) is 0 Å². The number of carbonyl (C=O) groups is 1. The second-order valence-electron chi connectivity index (χ2n) is 8.03. The van der Waals surface area contributed by atoms with Crippen molar-refractivity contribution in [3.8, 4) is 11.3 Å². The molecule has 1 saturated heterocycles. The molecule has 1 spiro atoms. The zero-order valence-electron chi connectivity index (χ0n) is 16.5. The number of likely N-dealkylation sites (tertiary alicyclic amines) is 1. The third-order valence-electron chi connectivity index (χ3n) is 6.02. The van der Waals surface area contributed by atoms with Gasteiger partial charge in [0.05, 0.1) is 17.4 Å². The smallest absolute Gasteiger partial charge is 0.317 e. The van der Waals surface area contributed by atoms with Gasteiger partial charge in [0.15, 0.2) is 0 Å². The Morgan fingerprint density at radius 2 is 1.81 bits per heavy atom. The maximum absolute atomic E-state index is 12.4. The molecule has 0 aliphatic carbocycles. The Labute approximate surface area is 161 Å². The summed E-state index contributed by atoms with van der Waals surface area (Å²) in [6.07, 6.45) is 3.85. The molecule has 6 nitrogen and oxygen atoms in total. The first-order chi connectivity index (χ1) is 13.0. The van der Waals surface area contributed by atoms with Gasteiger partial charge in [0.1, 0.15) is 5.82 Å². The Hall–Kier alpha value is -2.34. The number of hydrogen-bond donors (Lipinski definition) is 1. The molecule has 6 heteroatoms. The van der Waals surface area contributed by atoms with E-state index >= 15 is 0 Å². The van der Waals surface area contributed by atoms with E-state index in [-0.39, 0.29) is 17.6 Å². The van der Waals surface area contributed by atoms with Crippen molar-refractivity contribution in [1.29, 1.82) is 0 Å². The summed E-state index contributed by atoms with van der Waals surface area (Å²) in [7, 11) is 2.20. The Morgan fingerprint density at radius 1 is 1.11 bits per heavy atom. The number of nitrogens with one attached hydrogen (secondary N) is 1. The number of benzene rings is 1. The quantitative estimate of drug-likeness (QED) is 0.888. The van der Waals surface area contributed by atoms with Crippen LogP contribution in [0.3, 0.4) is 0 Å². The van der Waals surface area contributed by atoms with Gasteiger partial charge < -0.3 is 14.8 Å². The molecular formula is C21H29N5O. The molecule has 2 aliphatic rings. The maximum atomic E-state index is 12.4. The number of nitrogens with zero attached hydrogens (tertiary/aromatic N) is 4. The van der Waals surface area contributed by atoms with Gasteiger partial charge in [0.2, 0.25) is 0 Å². The molecule has 1 fully saturated rings. The molecule has 2 aliphatic heterocycles. The third kappa shape index (κ3) is 3.12. The summed E-state index contributed by atoms with van der Waals surface area (Å²) in [6.45, 7) is 7.48. The van der Waals surface area contributed by atoms with Crippen LogP contribution < -0.4 is 5.32 Å². The minimum atomic E-state index is -0.0834. The zero-order valence-corrected chi connectivity index (χ0v) is 16.5. The van der Waals surface area contributed by atoms with Crippen LogP contribution in [0.4, 0.5) is 4.79 Å². The van der Waals surface area contributed by atoms with Crippen LogP contribution in [0.1, 0.15) is 32.5 Å². The van der Waals surface area contributed by atoms with Gasteiger partial charge in [0.25, 0.3) is 0 Å². The lowest BCUT2D eigenvalue weighted by Gasteiger charge is -2.49. The van der Waals surface area contributed by atoms with Gasteiger partial charge in [-0.1, -0.05) is 30.3 Å². The normalized spacial score (nSPS) is 19.3. The van der Waals surface area contributed by atoms with E-state index in [4.69, 9.17) is 4.98 Å². The summed E-state index contributed by atoms with van der Waals surface area (Å²) in [5.41, 5.74) is 2.32. The molecule has 144 valence electrons. The largest absolute Gasteiger partial charge is 0.336 e. The lowest BCUT2D eigenvalue weighted by atomic mass is 9.83. The van der Waals surface area contributed by atoms with Crippen molar-refractivity contribution >= 4 is 6.03 Å². The van der Waals surface area contributed by atoms with Crippen molar-refractivity contribution in [2.45, 2.75) is 44.8 Å². The molecule has 0 atom stereocenters. The maximum Gasteiger partial charge on any atom is 0.317 e. The average Bonchev–Trinajstić information content (AvgIpc) is 3.11. The van der Waals surface area contributed by atoms with E-state index in [1.807, 2.05) is 31.0 Å². The molecular weight excluding hydrogens is 338 g/mol. The second-order valence-corrected chi connectivity index (χ2v) is 8.03. The van der Waals surface area contributed by atoms with Gasteiger partial charge in [-0.2, -0.15) is 0 Å². The van der Waals surface area contributed by atoms with Gasteiger partial charge in [-0.25, -0.2) is 9.78 Å². The molecule has 3 heterocycles. The van der Waals surface area contributed by atoms with Crippen LogP contribution in [0, 0.1) is 0 Å². The van der Waals surface area contributed by atoms with Crippen LogP contribution in [0.2, 0.25) is 0 Å². The molecule has 1 aromatic carbocycles. The van der Waals surface area contributed by atoms with Gasteiger partial charge in [-0.15, -0.1) is 0 Å². The minimum Gasteiger partial charge on any atom is -0.336 e. The lowest BCUT2D eigenvalue weighted by molar-refractivity contribution is 0.0184. The van der Waals surface area contributed by atoms with Gasteiger partial charge in [-0.3, -0.25) is 4.90 Å². The van der Waals surface area contributed by atoms with Gasteiger partial charge in [-0.05, 0) is 39.3 Å². The highest BCUT2D eigenvalue weighted by Crippen LogP contribution is 2.41. The summed E-state index contributed by atoms with van der Waals surface area (Å²) in [5, 5.41) is 3.01. The molecule has 0 radical (unpaired) electrons. The highest BCUT2D eigenvalue weighted by molar-refractivity contribution is 5.74. The first-order valence-corrected chi connectivity index (χ1v) is 9.89. The number of rotatable bonds is 2. The van der Waals surface area contributed by atoms with E-state index in [1.165, 1.54) is 11.3 Å². The van der Waals surface area contributed by atoms with Crippen molar-refractivity contribution < 1.29 is 4.79 Å². The number of likely N-dealkylation sites (N-methyl/N-ethyl adjacent to an activating group) is 1. The zero-order chi connectivity index (χ0) is 19.0. The van der Waals surface area contributed by atoms with Crippen LogP contribution in [0.25, 0.3) is 11.3 Å². The first kappa shape index (κ1) is 18.0. The van der Waals surface area contributed by atoms with E-state index < -0.39 is 0 Å². The summed E-state index contributed by atoms with van der Waals surface area (Å²) in [6, 6.07) is 10.7. The van der Waals surface area contributed by atoms with Crippen LogP contribution in [-0.2, 0) is 12.1 Å². The molecule has 2 aromatic rings. The first-order valence-electron chi connectivity index (χ1n) is 9.89. The molecule has 1 N–H and O–H groups in total. The number of carbonyl (C=O) groups excluding carboxylic acids is 1. The molecule has 0 saturated carbocycles. The summed E-state index contributed by atoms with van der Waals surface area (Å²) >= 11 is 0. The van der Waals surface area contributed by atoms with E-state index in [2.05, 4.69) is 46.1 Å². The number of piperidine rings is 1. The standard InChI is InChI=1S/C21H29N5O/c1-16(2)23-20(27)25-11-9-21(10-12-25)19-22-15-18(17-7-5-4-6-8-17)26(19)14-13-24(21)3/h4-8,15-16H,9-14H2,1-3H3,(H,23,27). The summed E-state index contributed by atoms with van der Waals surface area (Å²) in [5.74, 6) is 1.15. The van der Waals surface area contributed by atoms with E-state index in [0.717, 1.165) is 44.8 Å². The fourth-order valence-electron chi connectivity index (χ4n) is 4.47. The predicted octanol–water partition coefficient (Wildman–Crippen LogP) is 2.90. The second kappa shape index (κ2) is 7.00. The fraction of sp³-hybridized carbons (Fsp3) is 0.524. The molecule has 0 bridgehead atoms. The van der Waals surface area contributed by atoms with Crippen LogP contribution in [0.15, 0.2) is 36.5 Å². The Morgan fingerprint density at radius 3 is 2.48 bits per heavy atom. The lowest BCUT2D eigenvalue weighted by Crippen LogP contribution is -2.58. The Kier molecular flexibility index (Phi) is 4.68. The van der Waals surface area contributed by atoms with Crippen molar-refractivity contribution in [2.75, 3.05) is 26.7 Å². The molecule has 27 heavy (non-hydrogen) atoms. The predicted molar refractivity (Wildman–Crippen MR) is 106 cm³/mol. The Bertz CT molecular complexity index is 805. The SMILES string of the molecule is CC(C)NC(=O)N1CCC2(CC1)c1ncc(-c3ccccc3)n1CCN2C. The van der Waals surface area contributed by atoms with E-state index in [0.29, 0.717) is 0 Å². The average molecular weight is 367 g/mol. The molecule has 0 unspecified atom stereocenters. The molecule has 1 aromatic heterocycles. The minimum absolute atomic E-state index is 0.0478. The highest BCUT2D eigenvalue weighted by Gasteiger charge is 2.46. The van der Waals surface area contributed by atoms with E-state index in [1.54, 1.807) is 0 Å². The number of imidazole rings is 1. The van der Waals surface area contributed by atoms with Gasteiger partial charge in [0, 0.05) is 32.2 Å². The Balaban J connectivity index is 1.60. The summed E-state index contributed by atoms with van der Waals surface area (Å²) < 4.78 is 2.39. The number of hydrogen-bond acceptors (Lipinski definition) is 3.